The van der Waals surface area contributed by atoms with Crippen LogP contribution in [0.1, 0.15) is 11.8 Å². The van der Waals surface area contributed by atoms with Gasteiger partial charge < -0.3 is 19.7 Å². The largest absolute Gasteiger partial charge is 0.438 e. The number of nitrogens with zero attached hydrogens (tertiary/aromatic N) is 1. The SMILES string of the molecule is C#COC1C(O)[C@@H](n2cc(C)c(=O)[nH]c2=O)O[C@H]1CO. The van der Waals surface area contributed by atoms with Crippen molar-refractivity contribution in [2.24, 2.45) is 0 Å². The highest BCUT2D eigenvalue weighted by Gasteiger charge is 2.46. The monoisotopic (exact) mass is 282 g/mol. The minimum absolute atomic E-state index is 0.280. The zero-order chi connectivity index (χ0) is 14.9. The molecule has 0 spiro atoms. The zero-order valence-corrected chi connectivity index (χ0v) is 10.6. The molecular weight excluding hydrogens is 268 g/mol. The van der Waals surface area contributed by atoms with E-state index in [9.17, 15) is 19.8 Å². The van der Waals surface area contributed by atoms with Gasteiger partial charge in [0.25, 0.3) is 5.56 Å². The molecule has 0 bridgehead atoms. The number of ether oxygens (including phenoxy) is 2. The van der Waals surface area contributed by atoms with Crippen molar-refractivity contribution in [1.29, 1.82) is 0 Å². The fourth-order valence-corrected chi connectivity index (χ4v) is 2.10. The second-order valence-electron chi connectivity index (χ2n) is 4.42. The maximum atomic E-state index is 11.8. The molecule has 4 atom stereocenters. The van der Waals surface area contributed by atoms with Crippen LogP contribution < -0.4 is 11.2 Å². The molecule has 1 aromatic heterocycles. The van der Waals surface area contributed by atoms with E-state index in [0.29, 0.717) is 0 Å². The van der Waals surface area contributed by atoms with Crippen LogP contribution >= 0.6 is 0 Å². The summed E-state index contributed by atoms with van der Waals surface area (Å²) < 4.78 is 11.3. The van der Waals surface area contributed by atoms with Crippen LogP contribution in [0.15, 0.2) is 15.8 Å². The topological polar surface area (TPSA) is 114 Å². The van der Waals surface area contributed by atoms with Crippen molar-refractivity contribution in [2.45, 2.75) is 31.5 Å². The Labute approximate surface area is 113 Å². The molecule has 0 radical (unpaired) electrons. The van der Waals surface area contributed by atoms with E-state index >= 15 is 0 Å². The number of aliphatic hydroxyl groups is 2. The summed E-state index contributed by atoms with van der Waals surface area (Å²) in [5, 5.41) is 19.3. The van der Waals surface area contributed by atoms with Crippen molar-refractivity contribution in [3.63, 3.8) is 0 Å². The molecule has 1 aliphatic heterocycles. The lowest BCUT2D eigenvalue weighted by molar-refractivity contribution is -0.0550. The standard InChI is InChI=1S/C12H14N2O6/c1-3-19-9-7(5-15)20-11(8(9)16)14-4-6(2)10(17)13-12(14)18/h1,4,7-9,11,15-16H,5H2,2H3,(H,13,17,18)/t7-,8?,9?,11-/m0/s1. The van der Waals surface area contributed by atoms with Gasteiger partial charge in [-0.1, -0.05) is 6.42 Å². The fraction of sp³-hybridized carbons (Fsp3) is 0.500. The van der Waals surface area contributed by atoms with Gasteiger partial charge in [0, 0.05) is 11.8 Å². The molecule has 1 aliphatic rings. The van der Waals surface area contributed by atoms with Gasteiger partial charge in [-0.05, 0) is 6.92 Å². The van der Waals surface area contributed by atoms with Crippen molar-refractivity contribution in [3.05, 3.63) is 32.6 Å². The Bertz CT molecular complexity index is 643. The molecule has 1 aromatic rings. The Morgan fingerprint density at radius 1 is 1.60 bits per heavy atom. The van der Waals surface area contributed by atoms with Crippen LogP contribution in [0.4, 0.5) is 0 Å². The molecule has 0 saturated carbocycles. The van der Waals surface area contributed by atoms with Crippen LogP contribution in [-0.4, -0.2) is 44.7 Å². The third-order valence-electron chi connectivity index (χ3n) is 3.11. The van der Waals surface area contributed by atoms with E-state index < -0.39 is 42.4 Å². The van der Waals surface area contributed by atoms with Crippen LogP contribution in [0.25, 0.3) is 0 Å². The van der Waals surface area contributed by atoms with E-state index in [0.717, 1.165) is 4.57 Å². The van der Waals surface area contributed by atoms with E-state index in [1.54, 1.807) is 0 Å². The van der Waals surface area contributed by atoms with Crippen LogP contribution in [0.3, 0.4) is 0 Å². The number of nitrogens with one attached hydrogen (secondary N) is 1. The Morgan fingerprint density at radius 2 is 2.30 bits per heavy atom. The van der Waals surface area contributed by atoms with Crippen LogP contribution in [-0.2, 0) is 9.47 Å². The van der Waals surface area contributed by atoms with Gasteiger partial charge >= 0.3 is 5.69 Å². The average Bonchev–Trinajstić information content (AvgIpc) is 2.72. The number of rotatable bonds is 3. The molecule has 8 nitrogen and oxygen atoms in total. The summed E-state index contributed by atoms with van der Waals surface area (Å²) in [6, 6.07) is 0. The molecule has 2 heterocycles. The van der Waals surface area contributed by atoms with Gasteiger partial charge in [0.2, 0.25) is 0 Å². The van der Waals surface area contributed by atoms with Gasteiger partial charge in [0.1, 0.15) is 18.3 Å². The number of terminal acetylenes is 1. The van der Waals surface area contributed by atoms with Gasteiger partial charge in [-0.2, -0.15) is 0 Å². The molecule has 1 fully saturated rings. The molecule has 8 heteroatoms. The Kier molecular flexibility index (Phi) is 3.94. The second kappa shape index (κ2) is 5.50. The van der Waals surface area contributed by atoms with E-state index in [2.05, 4.69) is 4.98 Å². The maximum Gasteiger partial charge on any atom is 0.330 e. The first-order valence-corrected chi connectivity index (χ1v) is 5.87. The summed E-state index contributed by atoms with van der Waals surface area (Å²) in [4.78, 5) is 25.2. The predicted molar refractivity (Wildman–Crippen MR) is 66.8 cm³/mol. The Balaban J connectivity index is 2.40. The highest BCUT2D eigenvalue weighted by Crippen LogP contribution is 2.30. The molecule has 0 amide bonds. The number of aliphatic hydroxyl groups excluding tert-OH is 2. The molecule has 20 heavy (non-hydrogen) atoms. The quantitative estimate of drug-likeness (QED) is 0.556. The van der Waals surface area contributed by atoms with Gasteiger partial charge in [0.05, 0.1) is 6.61 Å². The summed E-state index contributed by atoms with van der Waals surface area (Å²) in [6.07, 6.45) is 3.99. The number of aryl methyl sites for hydroxylation is 1. The van der Waals surface area contributed by atoms with Crippen molar-refractivity contribution in [3.8, 4) is 12.5 Å². The third-order valence-corrected chi connectivity index (χ3v) is 3.11. The first-order chi connectivity index (χ1) is 9.49. The first-order valence-electron chi connectivity index (χ1n) is 5.87. The average molecular weight is 282 g/mol. The second-order valence-corrected chi connectivity index (χ2v) is 4.42. The summed E-state index contributed by atoms with van der Waals surface area (Å²) in [7, 11) is 0. The molecule has 2 unspecified atom stereocenters. The van der Waals surface area contributed by atoms with Crippen LogP contribution in [0.5, 0.6) is 0 Å². The Morgan fingerprint density at radius 3 is 2.90 bits per heavy atom. The first kappa shape index (κ1) is 14.3. The summed E-state index contributed by atoms with van der Waals surface area (Å²) in [5.74, 6) is 0. The summed E-state index contributed by atoms with van der Waals surface area (Å²) in [6.45, 7) is 1.08. The number of H-pyrrole nitrogens is 1. The van der Waals surface area contributed by atoms with Gasteiger partial charge in [-0.3, -0.25) is 14.3 Å². The minimum Gasteiger partial charge on any atom is -0.438 e. The van der Waals surface area contributed by atoms with E-state index in [1.807, 2.05) is 6.11 Å². The molecule has 108 valence electrons. The number of hydrogen-bond acceptors (Lipinski definition) is 6. The maximum absolute atomic E-state index is 11.8. The molecule has 1 saturated heterocycles. The summed E-state index contributed by atoms with van der Waals surface area (Å²) >= 11 is 0. The number of hydrogen-bond donors (Lipinski definition) is 3. The molecule has 3 N–H and O–H groups in total. The van der Waals surface area contributed by atoms with Gasteiger partial charge in [0.15, 0.2) is 12.3 Å². The van der Waals surface area contributed by atoms with Crippen molar-refractivity contribution in [2.75, 3.05) is 6.61 Å². The molecular formula is C12H14N2O6. The van der Waals surface area contributed by atoms with Gasteiger partial charge in [-0.15, -0.1) is 0 Å². The number of aromatic nitrogens is 2. The highest BCUT2D eigenvalue weighted by atomic mass is 16.6. The van der Waals surface area contributed by atoms with Crippen LogP contribution in [0.2, 0.25) is 0 Å². The summed E-state index contributed by atoms with van der Waals surface area (Å²) in [5.41, 5.74) is -0.973. The molecule has 0 aliphatic carbocycles. The van der Waals surface area contributed by atoms with Crippen molar-refractivity contribution < 1.29 is 19.7 Å². The van der Waals surface area contributed by atoms with Gasteiger partial charge in [-0.25, -0.2) is 4.79 Å². The molecule has 2 rings (SSSR count). The van der Waals surface area contributed by atoms with Crippen LogP contribution in [0, 0.1) is 19.5 Å². The smallest absolute Gasteiger partial charge is 0.330 e. The predicted octanol–water partition coefficient (Wildman–Crippen LogP) is -1.93. The fourth-order valence-electron chi connectivity index (χ4n) is 2.10. The normalized spacial score (nSPS) is 29.1. The molecule has 0 aromatic carbocycles. The lowest BCUT2D eigenvalue weighted by Gasteiger charge is -2.18. The number of aromatic amines is 1. The van der Waals surface area contributed by atoms with Crippen molar-refractivity contribution in [1.82, 2.24) is 9.55 Å². The zero-order valence-electron chi connectivity index (χ0n) is 10.6. The third kappa shape index (κ3) is 2.34. The van der Waals surface area contributed by atoms with E-state index in [1.165, 1.54) is 13.1 Å². The van der Waals surface area contributed by atoms with Crippen molar-refractivity contribution >= 4 is 0 Å². The lowest BCUT2D eigenvalue weighted by atomic mass is 10.1. The minimum atomic E-state index is -1.26. The van der Waals surface area contributed by atoms with E-state index in [-0.39, 0.29) is 5.56 Å². The Hall–Kier alpha value is -2.08. The van der Waals surface area contributed by atoms with E-state index in [4.69, 9.17) is 15.9 Å². The lowest BCUT2D eigenvalue weighted by Crippen LogP contribution is -2.39. The highest BCUT2D eigenvalue weighted by molar-refractivity contribution is 5.03.